The standard InChI is InChI=1S/C34H56O6/c1(2-8-24-37-33-12-4-10-26-39-33)7-23-36-32-20-18-31(19-21-32)30-16-14-29(15-17-30)28-35-22-6-3-9-25-38-34-13-5-11-27-40-34/h14-17,31-34H,1-13,18-28H2. The highest BCUT2D eigenvalue weighted by Crippen LogP contribution is 2.34. The van der Waals surface area contributed by atoms with E-state index in [1.807, 2.05) is 0 Å². The van der Waals surface area contributed by atoms with Gasteiger partial charge < -0.3 is 28.4 Å². The Bertz CT molecular complexity index is 735. The molecule has 3 aliphatic rings. The topological polar surface area (TPSA) is 55.4 Å². The van der Waals surface area contributed by atoms with E-state index in [1.54, 1.807) is 0 Å². The van der Waals surface area contributed by atoms with Crippen LogP contribution in [-0.2, 0) is 35.0 Å². The average Bonchev–Trinajstić information content (AvgIpc) is 3.01. The van der Waals surface area contributed by atoms with E-state index in [0.717, 1.165) is 84.6 Å². The molecule has 1 saturated carbocycles. The molecular weight excluding hydrogens is 504 g/mol. The molecule has 228 valence electrons. The molecule has 0 N–H and O–H groups in total. The zero-order chi connectivity index (χ0) is 27.5. The van der Waals surface area contributed by atoms with Crippen molar-refractivity contribution < 1.29 is 28.4 Å². The molecule has 0 bridgehead atoms. The molecule has 1 aliphatic carbocycles. The minimum atomic E-state index is 0.0368. The van der Waals surface area contributed by atoms with Gasteiger partial charge in [-0.2, -0.15) is 0 Å². The summed E-state index contributed by atoms with van der Waals surface area (Å²) in [7, 11) is 0. The summed E-state index contributed by atoms with van der Waals surface area (Å²) in [6, 6.07) is 9.14. The van der Waals surface area contributed by atoms with Gasteiger partial charge in [-0.05, 0) is 113 Å². The van der Waals surface area contributed by atoms with Crippen LogP contribution >= 0.6 is 0 Å². The van der Waals surface area contributed by atoms with Gasteiger partial charge in [0.15, 0.2) is 12.6 Å². The molecule has 2 aliphatic heterocycles. The minimum Gasteiger partial charge on any atom is -0.378 e. The second-order valence-electron chi connectivity index (χ2n) is 11.9. The Labute approximate surface area is 243 Å². The molecule has 0 amide bonds. The molecule has 0 aromatic heterocycles. The van der Waals surface area contributed by atoms with E-state index < -0.39 is 0 Å². The summed E-state index contributed by atoms with van der Waals surface area (Å²) in [6.07, 6.45) is 20.3. The fraction of sp³-hybridized carbons (Fsp3) is 0.824. The van der Waals surface area contributed by atoms with Crippen molar-refractivity contribution in [3.05, 3.63) is 35.4 Å². The van der Waals surface area contributed by atoms with Gasteiger partial charge in [0.05, 0.1) is 12.7 Å². The van der Waals surface area contributed by atoms with Gasteiger partial charge in [-0.15, -0.1) is 0 Å². The lowest BCUT2D eigenvalue weighted by atomic mass is 9.82. The van der Waals surface area contributed by atoms with Gasteiger partial charge in [-0.25, -0.2) is 0 Å². The first-order chi connectivity index (χ1) is 19.9. The zero-order valence-corrected chi connectivity index (χ0v) is 25.0. The predicted molar refractivity (Wildman–Crippen MR) is 158 cm³/mol. The summed E-state index contributed by atoms with van der Waals surface area (Å²) >= 11 is 0. The molecule has 6 nitrogen and oxygen atoms in total. The molecule has 2 unspecified atom stereocenters. The second kappa shape index (κ2) is 20.0. The monoisotopic (exact) mass is 560 g/mol. The van der Waals surface area contributed by atoms with Gasteiger partial charge in [-0.3, -0.25) is 0 Å². The third kappa shape index (κ3) is 12.9. The lowest BCUT2D eigenvalue weighted by molar-refractivity contribution is -0.163. The Hall–Kier alpha value is -1.02. The lowest BCUT2D eigenvalue weighted by Gasteiger charge is -2.29. The second-order valence-corrected chi connectivity index (χ2v) is 11.9. The van der Waals surface area contributed by atoms with E-state index in [9.17, 15) is 0 Å². The third-order valence-electron chi connectivity index (χ3n) is 8.60. The Balaban J connectivity index is 0.949. The van der Waals surface area contributed by atoms with E-state index in [0.29, 0.717) is 18.6 Å². The molecule has 0 radical (unpaired) electrons. The van der Waals surface area contributed by atoms with Crippen LogP contribution < -0.4 is 0 Å². The first kappa shape index (κ1) is 31.9. The number of benzene rings is 1. The first-order valence-electron chi connectivity index (χ1n) is 16.6. The van der Waals surface area contributed by atoms with E-state index >= 15 is 0 Å². The van der Waals surface area contributed by atoms with Crippen LogP contribution in [0.3, 0.4) is 0 Å². The van der Waals surface area contributed by atoms with E-state index in [2.05, 4.69) is 24.3 Å². The average molecular weight is 561 g/mol. The van der Waals surface area contributed by atoms with Crippen molar-refractivity contribution in [3.8, 4) is 0 Å². The lowest BCUT2D eigenvalue weighted by Crippen LogP contribution is -2.22. The molecular formula is C34H56O6. The van der Waals surface area contributed by atoms with Crippen LogP contribution in [0.25, 0.3) is 0 Å². The molecule has 2 heterocycles. The Morgan fingerprint density at radius 3 is 1.68 bits per heavy atom. The highest BCUT2D eigenvalue weighted by atomic mass is 16.7. The quantitative estimate of drug-likeness (QED) is 0.160. The molecule has 1 aromatic carbocycles. The van der Waals surface area contributed by atoms with Crippen molar-refractivity contribution in [2.45, 2.75) is 140 Å². The molecule has 2 atom stereocenters. The van der Waals surface area contributed by atoms with E-state index in [1.165, 1.54) is 75.3 Å². The number of rotatable bonds is 19. The fourth-order valence-corrected chi connectivity index (χ4v) is 6.04. The van der Waals surface area contributed by atoms with Crippen LogP contribution in [0.2, 0.25) is 0 Å². The van der Waals surface area contributed by atoms with Crippen LogP contribution in [0.1, 0.15) is 126 Å². The SMILES string of the molecule is c1cc(C2CCC(OCCCCCCOC3CCCCO3)CC2)ccc1COCCCCCOC1CCCCO1. The Morgan fingerprint density at radius 1 is 0.550 bits per heavy atom. The maximum atomic E-state index is 6.22. The van der Waals surface area contributed by atoms with E-state index in [4.69, 9.17) is 28.4 Å². The zero-order valence-electron chi connectivity index (χ0n) is 25.0. The van der Waals surface area contributed by atoms with Crippen molar-refractivity contribution in [2.75, 3.05) is 39.6 Å². The smallest absolute Gasteiger partial charge is 0.157 e. The summed E-state index contributed by atoms with van der Waals surface area (Å²) in [5, 5.41) is 0. The van der Waals surface area contributed by atoms with E-state index in [-0.39, 0.29) is 12.6 Å². The number of hydrogen-bond acceptors (Lipinski definition) is 6. The van der Waals surface area contributed by atoms with Crippen LogP contribution in [0.5, 0.6) is 0 Å². The molecule has 0 spiro atoms. The van der Waals surface area contributed by atoms with Gasteiger partial charge in [-0.1, -0.05) is 37.1 Å². The molecule has 4 rings (SSSR count). The van der Waals surface area contributed by atoms with Gasteiger partial charge in [0.25, 0.3) is 0 Å². The van der Waals surface area contributed by atoms with Crippen molar-refractivity contribution in [2.24, 2.45) is 0 Å². The summed E-state index contributed by atoms with van der Waals surface area (Å²) in [6.45, 7) is 5.76. The summed E-state index contributed by atoms with van der Waals surface area (Å²) in [5.41, 5.74) is 2.75. The molecule has 6 heteroatoms. The molecule has 1 aromatic rings. The number of unbranched alkanes of at least 4 members (excludes halogenated alkanes) is 5. The predicted octanol–water partition coefficient (Wildman–Crippen LogP) is 8.06. The Morgan fingerprint density at radius 2 is 1.10 bits per heavy atom. The summed E-state index contributed by atoms with van der Waals surface area (Å²) in [4.78, 5) is 0. The Kier molecular flexibility index (Phi) is 15.9. The highest BCUT2D eigenvalue weighted by Gasteiger charge is 2.22. The maximum absolute atomic E-state index is 6.22. The normalized spacial score (nSPS) is 25.7. The fourth-order valence-electron chi connectivity index (χ4n) is 6.04. The molecule has 3 fully saturated rings. The van der Waals surface area contributed by atoms with Crippen molar-refractivity contribution in [1.29, 1.82) is 0 Å². The van der Waals surface area contributed by atoms with Crippen molar-refractivity contribution in [3.63, 3.8) is 0 Å². The number of hydrogen-bond donors (Lipinski definition) is 0. The largest absolute Gasteiger partial charge is 0.378 e. The van der Waals surface area contributed by atoms with Crippen molar-refractivity contribution >= 4 is 0 Å². The van der Waals surface area contributed by atoms with Crippen LogP contribution in [0, 0.1) is 0 Å². The minimum absolute atomic E-state index is 0.0368. The summed E-state index contributed by atoms with van der Waals surface area (Å²) < 4.78 is 35.0. The van der Waals surface area contributed by atoms with Gasteiger partial charge in [0.1, 0.15) is 0 Å². The number of ether oxygens (including phenoxy) is 6. The van der Waals surface area contributed by atoms with Crippen LogP contribution in [0.4, 0.5) is 0 Å². The maximum Gasteiger partial charge on any atom is 0.157 e. The third-order valence-corrected chi connectivity index (χ3v) is 8.60. The summed E-state index contributed by atoms with van der Waals surface area (Å²) in [5.74, 6) is 0.671. The highest BCUT2D eigenvalue weighted by molar-refractivity contribution is 5.25. The van der Waals surface area contributed by atoms with Crippen LogP contribution in [0.15, 0.2) is 24.3 Å². The van der Waals surface area contributed by atoms with Crippen molar-refractivity contribution in [1.82, 2.24) is 0 Å². The van der Waals surface area contributed by atoms with Crippen LogP contribution in [-0.4, -0.2) is 58.3 Å². The van der Waals surface area contributed by atoms with Gasteiger partial charge in [0, 0.05) is 39.6 Å². The first-order valence-corrected chi connectivity index (χ1v) is 16.6. The molecule has 2 saturated heterocycles. The molecule has 40 heavy (non-hydrogen) atoms. The van der Waals surface area contributed by atoms with Gasteiger partial charge >= 0.3 is 0 Å². The van der Waals surface area contributed by atoms with Gasteiger partial charge in [0.2, 0.25) is 0 Å².